The van der Waals surface area contributed by atoms with Crippen molar-refractivity contribution in [1.29, 1.82) is 0 Å². The van der Waals surface area contributed by atoms with Gasteiger partial charge in [0.25, 0.3) is 0 Å². The molecule has 45 heavy (non-hydrogen) atoms. The van der Waals surface area contributed by atoms with E-state index in [0.29, 0.717) is 0 Å². The summed E-state index contributed by atoms with van der Waals surface area (Å²) in [5.41, 5.74) is 0. The van der Waals surface area contributed by atoms with E-state index in [2.05, 4.69) is 69.3 Å². The molecule has 3 heteroatoms. The lowest BCUT2D eigenvalue weighted by Gasteiger charge is -2.29. The minimum atomic E-state index is -0.323. The van der Waals surface area contributed by atoms with Crippen LogP contribution in [0.1, 0.15) is 194 Å². The second-order valence-corrected chi connectivity index (χ2v) is 14.2. The topological polar surface area (TPSA) is 21.7 Å². The van der Waals surface area contributed by atoms with Crippen LogP contribution >= 0.6 is 0 Å². The van der Waals surface area contributed by atoms with Gasteiger partial charge in [0.2, 0.25) is 0 Å². The van der Waals surface area contributed by atoms with Gasteiger partial charge in [0.1, 0.15) is 0 Å². The number of nitrogens with zero attached hydrogens (tertiary/aromatic N) is 1. The van der Waals surface area contributed by atoms with E-state index in [1.807, 2.05) is 0 Å². The highest BCUT2D eigenvalue weighted by Crippen LogP contribution is 2.35. The molecule has 0 aromatic carbocycles. The summed E-state index contributed by atoms with van der Waals surface area (Å²) < 4.78 is 13.1. The minimum Gasteiger partial charge on any atom is -0.347 e. The molecule has 0 N–H and O–H groups in total. The van der Waals surface area contributed by atoms with E-state index in [1.54, 1.807) is 0 Å². The van der Waals surface area contributed by atoms with Crippen LogP contribution in [0.4, 0.5) is 0 Å². The van der Waals surface area contributed by atoms with E-state index in [0.717, 1.165) is 32.4 Å². The Morgan fingerprint density at radius 2 is 0.889 bits per heavy atom. The van der Waals surface area contributed by atoms with Gasteiger partial charge in [-0.2, -0.15) is 0 Å². The molecule has 1 saturated heterocycles. The lowest BCUT2D eigenvalue weighted by molar-refractivity contribution is -0.180. The van der Waals surface area contributed by atoms with Gasteiger partial charge in [-0.1, -0.05) is 147 Å². The summed E-state index contributed by atoms with van der Waals surface area (Å²) in [5, 5.41) is 0. The highest BCUT2D eigenvalue weighted by Gasteiger charge is 2.40. The standard InChI is InChI=1S/C42H79NO2/c1-5-7-9-11-13-15-17-19-21-23-25-27-29-31-33-35-37-42(44-40-41(45-42)39-43(3)4)38-36-34-32-30-28-26-24-22-20-18-16-14-12-10-8-6-2/h13,15,19-22,41H,5-12,14,16-18,23-40H2,1-4H3. The number of hydrogen-bond donors (Lipinski definition) is 0. The van der Waals surface area contributed by atoms with Crippen LogP contribution < -0.4 is 0 Å². The molecule has 0 aromatic rings. The van der Waals surface area contributed by atoms with Gasteiger partial charge in [-0.25, -0.2) is 0 Å². The molecule has 0 bridgehead atoms. The SMILES string of the molecule is CCCCCC=CCC=CCCCCCCCCC1(CCCCCCCCC=CCCCCCCCC)OCC(CN(C)C)O1. The maximum atomic E-state index is 6.62. The second-order valence-electron chi connectivity index (χ2n) is 14.2. The Balaban J connectivity index is 2.11. The van der Waals surface area contributed by atoms with Crippen LogP contribution in [-0.2, 0) is 9.47 Å². The summed E-state index contributed by atoms with van der Waals surface area (Å²) in [4.78, 5) is 2.23. The average Bonchev–Trinajstić information content (AvgIpc) is 3.42. The van der Waals surface area contributed by atoms with E-state index < -0.39 is 0 Å². The van der Waals surface area contributed by atoms with E-state index >= 15 is 0 Å². The second kappa shape index (κ2) is 31.7. The van der Waals surface area contributed by atoms with Crippen LogP contribution in [0, 0.1) is 0 Å². The van der Waals surface area contributed by atoms with Crippen molar-refractivity contribution in [3.8, 4) is 0 Å². The number of hydrogen-bond acceptors (Lipinski definition) is 3. The van der Waals surface area contributed by atoms with E-state index in [-0.39, 0.29) is 11.9 Å². The molecule has 0 saturated carbocycles. The van der Waals surface area contributed by atoms with Gasteiger partial charge in [-0.15, -0.1) is 0 Å². The van der Waals surface area contributed by atoms with Crippen LogP contribution in [0.15, 0.2) is 36.5 Å². The van der Waals surface area contributed by atoms with Crippen molar-refractivity contribution < 1.29 is 9.47 Å². The first-order valence-electron chi connectivity index (χ1n) is 20.0. The van der Waals surface area contributed by atoms with Gasteiger partial charge >= 0.3 is 0 Å². The maximum Gasteiger partial charge on any atom is 0.168 e. The zero-order chi connectivity index (χ0) is 32.5. The molecule has 0 aliphatic carbocycles. The average molecular weight is 630 g/mol. The number of allylic oxidation sites excluding steroid dienone is 6. The molecule has 3 nitrogen and oxygen atoms in total. The van der Waals surface area contributed by atoms with Crippen molar-refractivity contribution in [3.63, 3.8) is 0 Å². The zero-order valence-corrected chi connectivity index (χ0v) is 31.0. The summed E-state index contributed by atoms with van der Waals surface area (Å²) in [6.07, 6.45) is 51.1. The molecule has 0 amide bonds. The Morgan fingerprint density at radius 3 is 1.36 bits per heavy atom. The molecule has 2 unspecified atom stereocenters. The van der Waals surface area contributed by atoms with Crippen LogP contribution in [0.25, 0.3) is 0 Å². The molecular weight excluding hydrogens is 550 g/mol. The smallest absolute Gasteiger partial charge is 0.168 e. The lowest BCUT2D eigenvalue weighted by Crippen LogP contribution is -2.33. The highest BCUT2D eigenvalue weighted by molar-refractivity contribution is 4.92. The molecule has 2 atom stereocenters. The Labute approximate surface area is 283 Å². The Bertz CT molecular complexity index is 699. The molecule has 1 fully saturated rings. The Morgan fingerprint density at radius 1 is 0.511 bits per heavy atom. The van der Waals surface area contributed by atoms with Gasteiger partial charge in [-0.3, -0.25) is 0 Å². The third-order valence-electron chi connectivity index (χ3n) is 9.31. The van der Waals surface area contributed by atoms with Crippen LogP contribution in [-0.4, -0.2) is 44.0 Å². The number of likely N-dealkylation sites (N-methyl/N-ethyl adjacent to an activating group) is 1. The molecule has 1 rings (SSSR count). The summed E-state index contributed by atoms with van der Waals surface area (Å²) in [5.74, 6) is -0.323. The molecular formula is C42H79NO2. The first-order valence-corrected chi connectivity index (χ1v) is 20.0. The van der Waals surface area contributed by atoms with Crippen molar-refractivity contribution in [1.82, 2.24) is 4.90 Å². The summed E-state index contributed by atoms with van der Waals surface area (Å²) in [7, 11) is 4.27. The summed E-state index contributed by atoms with van der Waals surface area (Å²) in [6, 6.07) is 0. The van der Waals surface area contributed by atoms with Gasteiger partial charge in [0.05, 0.1) is 12.7 Å². The minimum absolute atomic E-state index is 0.221. The van der Waals surface area contributed by atoms with Crippen molar-refractivity contribution in [2.45, 2.75) is 206 Å². The van der Waals surface area contributed by atoms with Gasteiger partial charge in [0.15, 0.2) is 5.79 Å². The molecule has 0 radical (unpaired) electrons. The van der Waals surface area contributed by atoms with E-state index in [1.165, 1.54) is 161 Å². The van der Waals surface area contributed by atoms with E-state index in [4.69, 9.17) is 9.47 Å². The first-order chi connectivity index (χ1) is 22.1. The van der Waals surface area contributed by atoms with Crippen LogP contribution in [0.2, 0.25) is 0 Å². The van der Waals surface area contributed by atoms with Gasteiger partial charge in [0, 0.05) is 19.4 Å². The van der Waals surface area contributed by atoms with Crippen molar-refractivity contribution in [2.24, 2.45) is 0 Å². The molecule has 0 aromatic heterocycles. The third kappa shape index (κ3) is 26.8. The maximum absolute atomic E-state index is 6.62. The van der Waals surface area contributed by atoms with Crippen molar-refractivity contribution in [2.75, 3.05) is 27.2 Å². The van der Waals surface area contributed by atoms with Crippen molar-refractivity contribution in [3.05, 3.63) is 36.5 Å². The number of ether oxygens (including phenoxy) is 2. The van der Waals surface area contributed by atoms with Crippen LogP contribution in [0.3, 0.4) is 0 Å². The predicted molar refractivity (Wildman–Crippen MR) is 200 cm³/mol. The summed E-state index contributed by atoms with van der Waals surface area (Å²) in [6.45, 7) is 6.28. The quantitative estimate of drug-likeness (QED) is 0.0532. The first kappa shape index (κ1) is 42.1. The largest absolute Gasteiger partial charge is 0.347 e. The highest BCUT2D eigenvalue weighted by atomic mass is 16.7. The predicted octanol–water partition coefficient (Wildman–Crippen LogP) is 13.3. The number of rotatable bonds is 33. The fourth-order valence-electron chi connectivity index (χ4n) is 6.53. The Kier molecular flexibility index (Phi) is 29.7. The number of unbranched alkanes of at least 4 members (excludes halogenated alkanes) is 21. The fourth-order valence-corrected chi connectivity index (χ4v) is 6.53. The van der Waals surface area contributed by atoms with Crippen LogP contribution in [0.5, 0.6) is 0 Å². The normalized spacial score (nSPS) is 19.0. The molecule has 264 valence electrons. The van der Waals surface area contributed by atoms with Gasteiger partial charge < -0.3 is 14.4 Å². The zero-order valence-electron chi connectivity index (χ0n) is 31.0. The lowest BCUT2D eigenvalue weighted by atomic mass is 9.98. The van der Waals surface area contributed by atoms with Crippen molar-refractivity contribution >= 4 is 0 Å². The van der Waals surface area contributed by atoms with E-state index in [9.17, 15) is 0 Å². The molecule has 0 spiro atoms. The fraction of sp³-hybridized carbons (Fsp3) is 0.857. The summed E-state index contributed by atoms with van der Waals surface area (Å²) >= 11 is 0. The third-order valence-corrected chi connectivity index (χ3v) is 9.31. The Hall–Kier alpha value is -0.900. The molecule has 1 aliphatic heterocycles. The molecule has 1 heterocycles. The monoisotopic (exact) mass is 630 g/mol. The molecule has 1 aliphatic rings. The van der Waals surface area contributed by atoms with Gasteiger partial charge in [-0.05, 0) is 84.7 Å².